The van der Waals surface area contributed by atoms with Gasteiger partial charge in [0.15, 0.2) is 16.5 Å². The maximum atomic E-state index is 13.0. The third kappa shape index (κ3) is 3.65. The standard InChI is InChI=1S/C24H17ClN2O3S/c1-29-21-12-15(10-11-20(21)30-14-16-6-2-3-7-17(16)25)13-22-23(28)27-19-9-5-4-8-18(19)26-24(27)31-22/h2-13H,14H2,1H3/b22-13-. The van der Waals surface area contributed by atoms with Crippen LogP contribution in [0.4, 0.5) is 0 Å². The van der Waals surface area contributed by atoms with Gasteiger partial charge in [0.05, 0.1) is 22.7 Å². The molecule has 0 aliphatic rings. The number of fused-ring (bicyclic) bond motifs is 3. The molecule has 0 spiro atoms. The van der Waals surface area contributed by atoms with Crippen molar-refractivity contribution >= 4 is 45.0 Å². The summed E-state index contributed by atoms with van der Waals surface area (Å²) < 4.78 is 13.7. The van der Waals surface area contributed by atoms with Crippen molar-refractivity contribution < 1.29 is 9.47 Å². The molecule has 0 N–H and O–H groups in total. The number of rotatable bonds is 5. The maximum absolute atomic E-state index is 13.0. The normalized spacial score (nSPS) is 12.0. The molecule has 0 bridgehead atoms. The number of nitrogens with zero attached hydrogens (tertiary/aromatic N) is 2. The van der Waals surface area contributed by atoms with E-state index in [0.29, 0.717) is 32.6 Å². The van der Waals surface area contributed by atoms with Crippen molar-refractivity contribution in [2.45, 2.75) is 6.61 Å². The Morgan fingerprint density at radius 2 is 1.87 bits per heavy atom. The summed E-state index contributed by atoms with van der Waals surface area (Å²) >= 11 is 7.57. The Labute approximate surface area is 186 Å². The molecule has 0 unspecified atom stereocenters. The van der Waals surface area contributed by atoms with Crippen molar-refractivity contribution in [3.05, 3.63) is 97.8 Å². The Morgan fingerprint density at radius 3 is 2.71 bits per heavy atom. The van der Waals surface area contributed by atoms with Crippen LogP contribution >= 0.6 is 22.9 Å². The zero-order valence-corrected chi connectivity index (χ0v) is 18.1. The summed E-state index contributed by atoms with van der Waals surface area (Å²) in [7, 11) is 1.59. The van der Waals surface area contributed by atoms with Gasteiger partial charge in [0.1, 0.15) is 6.61 Å². The van der Waals surface area contributed by atoms with Gasteiger partial charge in [-0.1, -0.05) is 59.3 Å². The van der Waals surface area contributed by atoms with Crippen molar-refractivity contribution in [1.29, 1.82) is 0 Å². The van der Waals surface area contributed by atoms with Crippen LogP contribution in [0.2, 0.25) is 5.02 Å². The van der Waals surface area contributed by atoms with Gasteiger partial charge < -0.3 is 9.47 Å². The van der Waals surface area contributed by atoms with E-state index in [-0.39, 0.29) is 5.56 Å². The number of aromatic nitrogens is 2. The summed E-state index contributed by atoms with van der Waals surface area (Å²) in [6.45, 7) is 0.332. The minimum absolute atomic E-state index is 0.0771. The second-order valence-electron chi connectivity index (χ2n) is 6.92. The maximum Gasteiger partial charge on any atom is 0.274 e. The highest BCUT2D eigenvalue weighted by atomic mass is 35.5. The summed E-state index contributed by atoms with van der Waals surface area (Å²) in [6.07, 6.45) is 1.84. The molecule has 31 heavy (non-hydrogen) atoms. The average molecular weight is 449 g/mol. The number of ether oxygens (including phenoxy) is 2. The molecule has 5 rings (SSSR count). The highest BCUT2D eigenvalue weighted by Crippen LogP contribution is 2.30. The van der Waals surface area contributed by atoms with Gasteiger partial charge in [0.25, 0.3) is 5.56 Å². The van der Waals surface area contributed by atoms with Gasteiger partial charge in [0.2, 0.25) is 0 Å². The molecular formula is C24H17ClN2O3S. The van der Waals surface area contributed by atoms with E-state index in [1.54, 1.807) is 11.5 Å². The molecule has 0 saturated carbocycles. The van der Waals surface area contributed by atoms with E-state index in [1.807, 2.05) is 72.8 Å². The molecule has 5 aromatic rings. The molecule has 3 aromatic carbocycles. The number of hydrogen-bond donors (Lipinski definition) is 0. The van der Waals surface area contributed by atoms with Gasteiger partial charge >= 0.3 is 0 Å². The Balaban J connectivity index is 1.48. The molecule has 0 aliphatic heterocycles. The highest BCUT2D eigenvalue weighted by Gasteiger charge is 2.11. The van der Waals surface area contributed by atoms with E-state index >= 15 is 0 Å². The van der Waals surface area contributed by atoms with Crippen LogP contribution < -0.4 is 19.6 Å². The molecule has 0 aliphatic carbocycles. The molecule has 2 aromatic heterocycles. The van der Waals surface area contributed by atoms with Crippen LogP contribution in [0, 0.1) is 0 Å². The minimum atomic E-state index is -0.0771. The van der Waals surface area contributed by atoms with E-state index in [9.17, 15) is 4.79 Å². The molecule has 7 heteroatoms. The van der Waals surface area contributed by atoms with Gasteiger partial charge in [0, 0.05) is 10.6 Å². The molecule has 0 saturated heterocycles. The topological polar surface area (TPSA) is 52.8 Å². The van der Waals surface area contributed by atoms with Gasteiger partial charge in [-0.05, 0) is 42.0 Å². The first-order valence-electron chi connectivity index (χ1n) is 9.60. The summed E-state index contributed by atoms with van der Waals surface area (Å²) in [5.74, 6) is 1.19. The molecular weight excluding hydrogens is 432 g/mol. The van der Waals surface area contributed by atoms with Crippen LogP contribution in [-0.2, 0) is 6.61 Å². The Morgan fingerprint density at radius 1 is 1.06 bits per heavy atom. The SMILES string of the molecule is COc1cc(/C=c2\sc3nc4ccccc4n3c2=O)ccc1OCc1ccccc1Cl. The smallest absolute Gasteiger partial charge is 0.274 e. The summed E-state index contributed by atoms with van der Waals surface area (Å²) in [5.41, 5.74) is 3.30. The van der Waals surface area contributed by atoms with Crippen LogP contribution in [0.5, 0.6) is 11.5 Å². The highest BCUT2D eigenvalue weighted by molar-refractivity contribution is 7.15. The zero-order valence-electron chi connectivity index (χ0n) is 16.5. The molecule has 5 nitrogen and oxygen atoms in total. The summed E-state index contributed by atoms with van der Waals surface area (Å²) in [4.78, 5) is 18.2. The fraction of sp³-hybridized carbons (Fsp3) is 0.0833. The largest absolute Gasteiger partial charge is 0.493 e. The van der Waals surface area contributed by atoms with Gasteiger partial charge in [-0.15, -0.1) is 0 Å². The zero-order chi connectivity index (χ0) is 21.4. The lowest BCUT2D eigenvalue weighted by atomic mass is 10.2. The third-order valence-corrected chi connectivity index (χ3v) is 6.31. The first-order chi connectivity index (χ1) is 15.1. The molecule has 0 amide bonds. The second kappa shape index (κ2) is 8.06. The lowest BCUT2D eigenvalue weighted by Gasteiger charge is -2.12. The van der Waals surface area contributed by atoms with E-state index in [0.717, 1.165) is 22.2 Å². The number of para-hydroxylation sites is 2. The lowest BCUT2D eigenvalue weighted by Crippen LogP contribution is -2.22. The van der Waals surface area contributed by atoms with Crippen molar-refractivity contribution in [1.82, 2.24) is 9.38 Å². The van der Waals surface area contributed by atoms with Crippen LogP contribution in [-0.4, -0.2) is 16.5 Å². The van der Waals surface area contributed by atoms with Crippen LogP contribution in [0.3, 0.4) is 0 Å². The number of methoxy groups -OCH3 is 1. The fourth-order valence-electron chi connectivity index (χ4n) is 3.43. The van der Waals surface area contributed by atoms with Gasteiger partial charge in [-0.25, -0.2) is 9.38 Å². The lowest BCUT2D eigenvalue weighted by molar-refractivity contribution is 0.284. The first kappa shape index (κ1) is 19.6. The number of benzene rings is 3. The molecule has 154 valence electrons. The Hall–Kier alpha value is -3.35. The number of imidazole rings is 1. The molecule has 2 heterocycles. The predicted molar refractivity (Wildman–Crippen MR) is 124 cm³/mol. The van der Waals surface area contributed by atoms with E-state index in [1.165, 1.54) is 11.3 Å². The van der Waals surface area contributed by atoms with Crippen LogP contribution in [0.25, 0.3) is 22.1 Å². The monoisotopic (exact) mass is 448 g/mol. The predicted octanol–water partition coefficient (Wildman–Crippen LogP) is 4.70. The van der Waals surface area contributed by atoms with Crippen molar-refractivity contribution in [3.8, 4) is 11.5 Å². The van der Waals surface area contributed by atoms with Crippen LogP contribution in [0.15, 0.2) is 71.5 Å². The number of thiazole rings is 1. The summed E-state index contributed by atoms with van der Waals surface area (Å²) in [6, 6.07) is 20.8. The van der Waals surface area contributed by atoms with Gasteiger partial charge in [-0.2, -0.15) is 0 Å². The van der Waals surface area contributed by atoms with E-state index in [2.05, 4.69) is 4.98 Å². The third-order valence-electron chi connectivity index (χ3n) is 4.97. The van der Waals surface area contributed by atoms with Crippen LogP contribution in [0.1, 0.15) is 11.1 Å². The van der Waals surface area contributed by atoms with Crippen molar-refractivity contribution in [2.75, 3.05) is 7.11 Å². The Kier molecular flexibility index (Phi) is 5.10. The Bertz CT molecular complexity index is 1520. The van der Waals surface area contributed by atoms with Crippen molar-refractivity contribution in [3.63, 3.8) is 0 Å². The van der Waals surface area contributed by atoms with Crippen molar-refractivity contribution in [2.24, 2.45) is 0 Å². The second-order valence-corrected chi connectivity index (χ2v) is 8.34. The molecule has 0 radical (unpaired) electrons. The van der Waals surface area contributed by atoms with E-state index in [4.69, 9.17) is 21.1 Å². The minimum Gasteiger partial charge on any atom is -0.493 e. The average Bonchev–Trinajstić information content (AvgIpc) is 3.29. The number of halogens is 1. The van der Waals surface area contributed by atoms with E-state index < -0.39 is 0 Å². The molecule has 0 atom stereocenters. The summed E-state index contributed by atoms with van der Waals surface area (Å²) in [5, 5.41) is 0.657. The quantitative estimate of drug-likeness (QED) is 0.391. The first-order valence-corrected chi connectivity index (χ1v) is 10.8. The van der Waals surface area contributed by atoms with Gasteiger partial charge in [-0.3, -0.25) is 4.79 Å². The fourth-order valence-corrected chi connectivity index (χ4v) is 4.60. The molecule has 0 fully saturated rings. The number of hydrogen-bond acceptors (Lipinski definition) is 5.